The fourth-order valence-electron chi connectivity index (χ4n) is 5.71. The van der Waals surface area contributed by atoms with Gasteiger partial charge in [-0.1, -0.05) is 49.2 Å². The maximum absolute atomic E-state index is 6.14. The van der Waals surface area contributed by atoms with E-state index >= 15 is 0 Å². The number of nitrogens with zero attached hydrogens (tertiary/aromatic N) is 5. The van der Waals surface area contributed by atoms with Crippen LogP contribution in [0, 0.1) is 0 Å². The fourth-order valence-corrected chi connectivity index (χ4v) is 5.71. The molecule has 0 unspecified atom stereocenters. The summed E-state index contributed by atoms with van der Waals surface area (Å²) >= 11 is 0. The lowest BCUT2D eigenvalue weighted by atomic mass is 9.92. The lowest BCUT2D eigenvalue weighted by Gasteiger charge is -2.27. The molecule has 9 heteroatoms. The van der Waals surface area contributed by atoms with Crippen molar-refractivity contribution in [3.05, 3.63) is 48.8 Å². The van der Waals surface area contributed by atoms with E-state index < -0.39 is 0 Å². The summed E-state index contributed by atoms with van der Waals surface area (Å²) in [4.78, 5) is 17.1. The number of aromatic nitrogens is 4. The van der Waals surface area contributed by atoms with Gasteiger partial charge in [-0.15, -0.1) is 24.8 Å². The van der Waals surface area contributed by atoms with E-state index in [4.69, 9.17) is 20.7 Å². The van der Waals surface area contributed by atoms with E-state index in [1.165, 1.54) is 36.5 Å². The number of fused-ring (bicyclic) bond motifs is 2. The third kappa shape index (κ3) is 4.97. The molecular weight excluding hydrogens is 493 g/mol. The Kier molecular flexibility index (Phi) is 8.23. The SMILES string of the molecule is CN(c1cccc2ccccc12)c1nc(NC2CCC(N)CC2)nc2c1ncn2C1CCCC1.Cl.Cl. The molecule has 0 atom stereocenters. The van der Waals surface area contributed by atoms with Gasteiger partial charge in [0.2, 0.25) is 5.95 Å². The van der Waals surface area contributed by atoms with Crippen molar-refractivity contribution in [3.8, 4) is 0 Å². The van der Waals surface area contributed by atoms with Crippen molar-refractivity contribution < 1.29 is 0 Å². The van der Waals surface area contributed by atoms with Gasteiger partial charge in [-0.3, -0.25) is 0 Å². The van der Waals surface area contributed by atoms with Crippen LogP contribution in [0.25, 0.3) is 21.9 Å². The molecule has 2 aromatic carbocycles. The summed E-state index contributed by atoms with van der Waals surface area (Å²) in [5.41, 5.74) is 9.04. The third-order valence-corrected chi connectivity index (χ3v) is 7.67. The smallest absolute Gasteiger partial charge is 0.227 e. The molecule has 0 amide bonds. The molecule has 0 bridgehead atoms. The molecule has 0 spiro atoms. The first kappa shape index (κ1) is 26.5. The number of nitrogens with two attached hydrogens (primary N) is 1. The Balaban J connectivity index is 0.00000152. The number of imidazole rings is 1. The van der Waals surface area contributed by atoms with Gasteiger partial charge in [-0.25, -0.2) is 4.98 Å². The molecule has 2 saturated carbocycles. The van der Waals surface area contributed by atoms with Gasteiger partial charge >= 0.3 is 0 Å². The van der Waals surface area contributed by atoms with Crippen LogP contribution in [-0.2, 0) is 0 Å². The van der Waals surface area contributed by atoms with E-state index in [1.54, 1.807) is 0 Å². The van der Waals surface area contributed by atoms with Crippen LogP contribution in [-0.4, -0.2) is 38.7 Å². The highest BCUT2D eigenvalue weighted by atomic mass is 35.5. The van der Waals surface area contributed by atoms with Crippen LogP contribution in [0.3, 0.4) is 0 Å². The highest BCUT2D eigenvalue weighted by Gasteiger charge is 2.25. The first-order valence-corrected chi connectivity index (χ1v) is 12.7. The number of anilines is 3. The maximum Gasteiger partial charge on any atom is 0.227 e. The first-order chi connectivity index (χ1) is 16.7. The third-order valence-electron chi connectivity index (χ3n) is 7.67. The van der Waals surface area contributed by atoms with Crippen molar-refractivity contribution >= 4 is 64.2 Å². The van der Waals surface area contributed by atoms with Crippen LogP contribution in [0.4, 0.5) is 17.5 Å². The summed E-state index contributed by atoms with van der Waals surface area (Å²) in [7, 11) is 2.08. The van der Waals surface area contributed by atoms with Crippen molar-refractivity contribution in [3.63, 3.8) is 0 Å². The molecule has 0 radical (unpaired) electrons. The summed E-state index contributed by atoms with van der Waals surface area (Å²) in [6.45, 7) is 0. The molecule has 6 rings (SSSR count). The minimum atomic E-state index is 0. The second-order valence-electron chi connectivity index (χ2n) is 9.95. The van der Waals surface area contributed by atoms with E-state index in [0.29, 0.717) is 24.1 Å². The molecule has 192 valence electrons. The summed E-state index contributed by atoms with van der Waals surface area (Å²) in [5, 5.41) is 6.05. The summed E-state index contributed by atoms with van der Waals surface area (Å²) in [6.07, 6.45) is 11.1. The normalized spacial score (nSPS) is 20.2. The quantitative estimate of drug-likeness (QED) is 0.312. The number of rotatable bonds is 5. The van der Waals surface area contributed by atoms with Crippen molar-refractivity contribution in [1.82, 2.24) is 19.5 Å². The molecule has 36 heavy (non-hydrogen) atoms. The van der Waals surface area contributed by atoms with Crippen LogP contribution < -0.4 is 16.0 Å². The van der Waals surface area contributed by atoms with Crippen molar-refractivity contribution in [2.24, 2.45) is 5.73 Å². The van der Waals surface area contributed by atoms with Gasteiger partial charge in [-0.05, 0) is 50.0 Å². The number of benzene rings is 2. The Morgan fingerprint density at radius 1 is 0.917 bits per heavy atom. The zero-order chi connectivity index (χ0) is 23.1. The topological polar surface area (TPSA) is 84.9 Å². The van der Waals surface area contributed by atoms with Gasteiger partial charge in [0.15, 0.2) is 17.0 Å². The Bertz CT molecular complexity index is 1300. The number of nitrogens with one attached hydrogen (secondary N) is 1. The molecule has 2 heterocycles. The Morgan fingerprint density at radius 2 is 1.64 bits per heavy atom. The number of hydrogen-bond donors (Lipinski definition) is 2. The highest BCUT2D eigenvalue weighted by Crippen LogP contribution is 2.37. The second kappa shape index (κ2) is 11.2. The number of halogens is 2. The number of hydrogen-bond acceptors (Lipinski definition) is 6. The summed E-state index contributed by atoms with van der Waals surface area (Å²) in [5.74, 6) is 1.53. The second-order valence-corrected chi connectivity index (χ2v) is 9.95. The Hall–Kier alpha value is -2.61. The van der Waals surface area contributed by atoms with Crippen LogP contribution in [0.5, 0.6) is 0 Å². The maximum atomic E-state index is 6.14. The van der Waals surface area contributed by atoms with Crippen molar-refractivity contribution in [2.75, 3.05) is 17.3 Å². The molecule has 2 aromatic heterocycles. The Morgan fingerprint density at radius 3 is 2.42 bits per heavy atom. The first-order valence-electron chi connectivity index (χ1n) is 12.7. The molecule has 3 N–H and O–H groups in total. The lowest BCUT2D eigenvalue weighted by molar-refractivity contribution is 0.410. The average molecular weight is 529 g/mol. The van der Waals surface area contributed by atoms with E-state index in [2.05, 4.69) is 64.3 Å². The Labute approximate surface area is 224 Å². The molecule has 7 nitrogen and oxygen atoms in total. The largest absolute Gasteiger partial charge is 0.351 e. The zero-order valence-electron chi connectivity index (χ0n) is 20.6. The van der Waals surface area contributed by atoms with Gasteiger partial charge < -0.3 is 20.5 Å². The molecular formula is C27H35Cl2N7. The lowest BCUT2D eigenvalue weighted by Crippen LogP contribution is -2.33. The molecule has 2 aliphatic rings. The van der Waals surface area contributed by atoms with Crippen LogP contribution >= 0.6 is 24.8 Å². The van der Waals surface area contributed by atoms with Crippen molar-refractivity contribution in [2.45, 2.75) is 69.5 Å². The standard InChI is InChI=1S/C27H33N7.2ClH/c1-33(23-12-6-8-18-7-2-5-11-22(18)23)25-24-26(34(17-29-24)21-9-3-4-10-21)32-27(31-25)30-20-15-13-19(28)14-16-20;;/h2,5-8,11-12,17,19-21H,3-4,9-10,13-16,28H2,1H3,(H,30,31,32);2*1H. The van der Waals surface area contributed by atoms with Crippen LogP contribution in [0.2, 0.25) is 0 Å². The molecule has 2 aliphatic carbocycles. The van der Waals surface area contributed by atoms with E-state index in [-0.39, 0.29) is 24.8 Å². The zero-order valence-corrected chi connectivity index (χ0v) is 22.3. The predicted molar refractivity (Wildman–Crippen MR) is 153 cm³/mol. The minimum Gasteiger partial charge on any atom is -0.351 e. The van der Waals surface area contributed by atoms with E-state index in [1.807, 2.05) is 6.33 Å². The van der Waals surface area contributed by atoms with Gasteiger partial charge in [0.05, 0.1) is 6.33 Å². The molecule has 2 fully saturated rings. The van der Waals surface area contributed by atoms with E-state index in [0.717, 1.165) is 48.4 Å². The highest BCUT2D eigenvalue weighted by molar-refractivity contribution is 5.98. The minimum absolute atomic E-state index is 0. The molecule has 0 saturated heterocycles. The molecule has 0 aliphatic heterocycles. The van der Waals surface area contributed by atoms with Gasteiger partial charge in [-0.2, -0.15) is 9.97 Å². The van der Waals surface area contributed by atoms with Gasteiger partial charge in [0.1, 0.15) is 0 Å². The summed E-state index contributed by atoms with van der Waals surface area (Å²) in [6, 6.07) is 16.0. The van der Waals surface area contributed by atoms with Crippen LogP contribution in [0.1, 0.15) is 57.4 Å². The molecule has 4 aromatic rings. The fraction of sp³-hybridized carbons (Fsp3) is 0.444. The average Bonchev–Trinajstić information content (AvgIpc) is 3.54. The summed E-state index contributed by atoms with van der Waals surface area (Å²) < 4.78 is 2.28. The van der Waals surface area contributed by atoms with Crippen molar-refractivity contribution in [1.29, 1.82) is 0 Å². The van der Waals surface area contributed by atoms with E-state index in [9.17, 15) is 0 Å². The van der Waals surface area contributed by atoms with Crippen LogP contribution in [0.15, 0.2) is 48.8 Å². The van der Waals surface area contributed by atoms with Gasteiger partial charge in [0.25, 0.3) is 0 Å². The predicted octanol–water partition coefficient (Wildman–Crippen LogP) is 6.39. The van der Waals surface area contributed by atoms with Gasteiger partial charge in [0, 0.05) is 36.2 Å². The monoisotopic (exact) mass is 527 g/mol.